The van der Waals surface area contributed by atoms with E-state index in [4.69, 9.17) is 11.6 Å². The second-order valence-electron chi connectivity index (χ2n) is 3.86. The van der Waals surface area contributed by atoms with Crippen LogP contribution in [0.1, 0.15) is 11.8 Å². The van der Waals surface area contributed by atoms with Crippen molar-refractivity contribution in [3.05, 3.63) is 38.9 Å². The van der Waals surface area contributed by atoms with E-state index in [1.807, 2.05) is 24.4 Å². The van der Waals surface area contributed by atoms with Crippen LogP contribution in [-0.2, 0) is 16.4 Å². The summed E-state index contributed by atoms with van der Waals surface area (Å²) in [5, 5.41) is 1.98. The third-order valence-electron chi connectivity index (χ3n) is 2.26. The molecule has 0 saturated carbocycles. The highest BCUT2D eigenvalue weighted by Gasteiger charge is 2.19. The normalized spacial score (nSPS) is 13.7. The molecule has 0 aliphatic heterocycles. The maximum atomic E-state index is 12.0. The van der Waals surface area contributed by atoms with Crippen LogP contribution in [0.3, 0.4) is 0 Å². The number of rotatable bonds is 5. The average Bonchev–Trinajstić information content (AvgIpc) is 2.88. The van der Waals surface area contributed by atoms with Crippen LogP contribution in [0, 0.1) is 0 Å². The molecule has 0 bridgehead atoms. The third kappa shape index (κ3) is 3.55. The van der Waals surface area contributed by atoms with Crippen molar-refractivity contribution in [2.24, 2.45) is 0 Å². The maximum Gasteiger partial charge on any atom is 0.250 e. The van der Waals surface area contributed by atoms with Crippen LogP contribution in [0.5, 0.6) is 0 Å². The predicted octanol–water partition coefficient (Wildman–Crippen LogP) is 3.37. The molecule has 7 heteroatoms. The molecular formula is C11H12ClNO2S3. The van der Waals surface area contributed by atoms with E-state index in [-0.39, 0.29) is 10.3 Å². The number of hydrogen-bond acceptors (Lipinski definition) is 4. The second kappa shape index (κ2) is 5.71. The molecule has 0 aromatic carbocycles. The van der Waals surface area contributed by atoms with Crippen molar-refractivity contribution >= 4 is 44.3 Å². The minimum Gasteiger partial charge on any atom is -0.207 e. The van der Waals surface area contributed by atoms with Gasteiger partial charge in [-0.15, -0.1) is 22.7 Å². The number of thiophene rings is 2. The molecule has 2 aromatic rings. The first-order chi connectivity index (χ1) is 8.47. The van der Waals surface area contributed by atoms with Gasteiger partial charge in [0.25, 0.3) is 0 Å². The summed E-state index contributed by atoms with van der Waals surface area (Å²) >= 11 is 8.43. The van der Waals surface area contributed by atoms with E-state index < -0.39 is 10.0 Å². The average molecular weight is 322 g/mol. The summed E-state index contributed by atoms with van der Waals surface area (Å²) in [5.41, 5.74) is 0. The van der Waals surface area contributed by atoms with Gasteiger partial charge in [0.2, 0.25) is 10.0 Å². The fourth-order valence-corrected chi connectivity index (χ4v) is 5.12. The van der Waals surface area contributed by atoms with Crippen LogP contribution in [0.2, 0.25) is 4.34 Å². The molecule has 1 atom stereocenters. The number of nitrogens with one attached hydrogen (secondary N) is 1. The monoisotopic (exact) mass is 321 g/mol. The van der Waals surface area contributed by atoms with Crippen molar-refractivity contribution < 1.29 is 8.42 Å². The SMILES string of the molecule is C[C@@H](Cc1cccs1)NS(=O)(=O)c1ccc(Cl)s1. The van der Waals surface area contributed by atoms with Crippen molar-refractivity contribution in [2.75, 3.05) is 0 Å². The van der Waals surface area contributed by atoms with Gasteiger partial charge in [0.15, 0.2) is 0 Å². The summed E-state index contributed by atoms with van der Waals surface area (Å²) in [6, 6.07) is 6.92. The van der Waals surface area contributed by atoms with Crippen molar-refractivity contribution in [3.8, 4) is 0 Å². The van der Waals surface area contributed by atoms with E-state index in [2.05, 4.69) is 4.72 Å². The quantitative estimate of drug-likeness (QED) is 0.917. The summed E-state index contributed by atoms with van der Waals surface area (Å²) in [4.78, 5) is 1.16. The number of hydrogen-bond donors (Lipinski definition) is 1. The van der Waals surface area contributed by atoms with Crippen molar-refractivity contribution in [1.29, 1.82) is 0 Å². The first-order valence-electron chi connectivity index (χ1n) is 5.27. The van der Waals surface area contributed by atoms with Crippen molar-refractivity contribution in [2.45, 2.75) is 23.6 Å². The lowest BCUT2D eigenvalue weighted by molar-refractivity contribution is 0.563. The second-order valence-corrected chi connectivity index (χ2v) is 8.55. The van der Waals surface area contributed by atoms with Gasteiger partial charge in [-0.05, 0) is 36.9 Å². The van der Waals surface area contributed by atoms with Gasteiger partial charge in [0.05, 0.1) is 4.34 Å². The molecule has 2 aromatic heterocycles. The van der Waals surface area contributed by atoms with Gasteiger partial charge in [-0.25, -0.2) is 13.1 Å². The van der Waals surface area contributed by atoms with Crippen LogP contribution in [0.25, 0.3) is 0 Å². The van der Waals surface area contributed by atoms with Crippen LogP contribution in [-0.4, -0.2) is 14.5 Å². The minimum absolute atomic E-state index is 0.144. The van der Waals surface area contributed by atoms with Gasteiger partial charge in [-0.1, -0.05) is 17.7 Å². The standard InChI is InChI=1S/C11H12ClNO2S3/c1-8(7-9-3-2-6-16-9)13-18(14,15)11-5-4-10(12)17-11/h2-6,8,13H,7H2,1H3/t8-/m0/s1. The molecule has 98 valence electrons. The van der Waals surface area contributed by atoms with Gasteiger partial charge in [-0.3, -0.25) is 0 Å². The fourth-order valence-electron chi connectivity index (χ4n) is 1.54. The zero-order chi connectivity index (χ0) is 13.2. The topological polar surface area (TPSA) is 46.2 Å². The predicted molar refractivity (Wildman–Crippen MR) is 77.1 cm³/mol. The molecule has 0 aliphatic rings. The lowest BCUT2D eigenvalue weighted by Gasteiger charge is -2.12. The summed E-state index contributed by atoms with van der Waals surface area (Å²) < 4.78 is 27.4. The van der Waals surface area contributed by atoms with E-state index in [0.717, 1.165) is 16.2 Å². The van der Waals surface area contributed by atoms with Gasteiger partial charge in [0, 0.05) is 10.9 Å². The van der Waals surface area contributed by atoms with Crippen molar-refractivity contribution in [3.63, 3.8) is 0 Å². The molecular weight excluding hydrogens is 310 g/mol. The Balaban J connectivity index is 2.04. The number of sulfonamides is 1. The Hall–Kier alpha value is -0.400. The zero-order valence-corrected chi connectivity index (χ0v) is 12.8. The van der Waals surface area contributed by atoms with Crippen LogP contribution in [0.4, 0.5) is 0 Å². The molecule has 3 nitrogen and oxygen atoms in total. The van der Waals surface area contributed by atoms with Gasteiger partial charge in [0.1, 0.15) is 4.21 Å². The lowest BCUT2D eigenvalue weighted by Crippen LogP contribution is -2.33. The first-order valence-corrected chi connectivity index (χ1v) is 8.83. The Bertz CT molecular complexity index is 604. The molecule has 0 saturated heterocycles. The largest absolute Gasteiger partial charge is 0.250 e. The highest BCUT2D eigenvalue weighted by atomic mass is 35.5. The van der Waals surface area contributed by atoms with Gasteiger partial charge < -0.3 is 0 Å². The third-order valence-corrected chi connectivity index (χ3v) is 6.47. The Kier molecular flexibility index (Phi) is 4.45. The van der Waals surface area contributed by atoms with E-state index in [0.29, 0.717) is 10.8 Å². The maximum absolute atomic E-state index is 12.0. The summed E-state index contributed by atoms with van der Waals surface area (Å²) in [6.07, 6.45) is 0.690. The van der Waals surface area contributed by atoms with Crippen molar-refractivity contribution in [1.82, 2.24) is 4.72 Å². The summed E-state index contributed by atoms with van der Waals surface area (Å²) in [5.74, 6) is 0. The van der Waals surface area contributed by atoms with Gasteiger partial charge in [-0.2, -0.15) is 0 Å². The molecule has 0 unspecified atom stereocenters. The molecule has 1 N–H and O–H groups in total. The first kappa shape index (κ1) is 14.0. The molecule has 2 rings (SSSR count). The zero-order valence-electron chi connectivity index (χ0n) is 9.59. The highest BCUT2D eigenvalue weighted by Crippen LogP contribution is 2.25. The van der Waals surface area contributed by atoms with Gasteiger partial charge >= 0.3 is 0 Å². The summed E-state index contributed by atoms with van der Waals surface area (Å²) in [7, 11) is -3.45. The molecule has 18 heavy (non-hydrogen) atoms. The Labute approximate surface area is 119 Å². The minimum atomic E-state index is -3.45. The van der Waals surface area contributed by atoms with Crippen LogP contribution < -0.4 is 4.72 Å². The molecule has 0 spiro atoms. The Morgan fingerprint density at radius 3 is 2.72 bits per heavy atom. The molecule has 0 radical (unpaired) electrons. The lowest BCUT2D eigenvalue weighted by atomic mass is 10.2. The molecule has 0 amide bonds. The number of halogens is 1. The summed E-state index contributed by atoms with van der Waals surface area (Å²) in [6.45, 7) is 1.85. The van der Waals surface area contributed by atoms with E-state index in [1.54, 1.807) is 17.4 Å². The van der Waals surface area contributed by atoms with E-state index >= 15 is 0 Å². The van der Waals surface area contributed by atoms with E-state index in [9.17, 15) is 8.42 Å². The smallest absolute Gasteiger partial charge is 0.207 e. The molecule has 0 fully saturated rings. The van der Waals surface area contributed by atoms with E-state index in [1.165, 1.54) is 6.07 Å². The van der Waals surface area contributed by atoms with Crippen LogP contribution >= 0.6 is 34.3 Å². The Morgan fingerprint density at radius 2 is 2.17 bits per heavy atom. The molecule has 2 heterocycles. The highest BCUT2D eigenvalue weighted by molar-refractivity contribution is 7.91. The Morgan fingerprint density at radius 1 is 1.39 bits per heavy atom. The fraction of sp³-hybridized carbons (Fsp3) is 0.273. The van der Waals surface area contributed by atoms with Crippen LogP contribution in [0.15, 0.2) is 33.9 Å². The molecule has 0 aliphatic carbocycles.